The molecule has 3 nitrogen and oxygen atoms in total. The fourth-order valence-electron chi connectivity index (χ4n) is 1.56. The van der Waals surface area contributed by atoms with Crippen LogP contribution in [0.5, 0.6) is 0 Å². The van der Waals surface area contributed by atoms with Crippen molar-refractivity contribution in [3.8, 4) is 0 Å². The first-order valence-electron chi connectivity index (χ1n) is 4.36. The van der Waals surface area contributed by atoms with Gasteiger partial charge >= 0.3 is 0 Å². The molecule has 0 aliphatic carbocycles. The van der Waals surface area contributed by atoms with Crippen molar-refractivity contribution < 1.29 is 5.11 Å². The molecule has 68 valence electrons. The molecule has 0 amide bonds. The highest BCUT2D eigenvalue weighted by atomic mass is 16.3. The van der Waals surface area contributed by atoms with E-state index in [9.17, 15) is 0 Å². The van der Waals surface area contributed by atoms with Gasteiger partial charge in [0.05, 0.1) is 24.4 Å². The van der Waals surface area contributed by atoms with Gasteiger partial charge in [-0.25, -0.2) is 0 Å². The van der Waals surface area contributed by atoms with Gasteiger partial charge in [0.25, 0.3) is 0 Å². The van der Waals surface area contributed by atoms with E-state index in [4.69, 9.17) is 5.11 Å². The third-order valence-electron chi connectivity index (χ3n) is 2.15. The molecule has 0 aliphatic rings. The Bertz CT molecular complexity index is 420. The molecule has 0 unspecified atom stereocenters. The topological polar surface area (TPSA) is 38.0 Å². The molecule has 3 heteroatoms. The van der Waals surface area contributed by atoms with E-state index in [0.717, 1.165) is 16.6 Å². The number of benzene rings is 1. The van der Waals surface area contributed by atoms with E-state index in [2.05, 4.69) is 5.10 Å². The molecule has 2 aromatic rings. The number of hydrogen-bond donors (Lipinski definition) is 1. The molecule has 0 saturated heterocycles. The van der Waals surface area contributed by atoms with Crippen LogP contribution in [0.25, 0.3) is 10.9 Å². The van der Waals surface area contributed by atoms with Gasteiger partial charge in [0.15, 0.2) is 0 Å². The number of aryl methyl sites for hydroxylation is 1. The lowest BCUT2D eigenvalue weighted by Crippen LogP contribution is -2.03. The van der Waals surface area contributed by atoms with Crippen molar-refractivity contribution in [3.05, 3.63) is 30.0 Å². The number of rotatable bonds is 2. The van der Waals surface area contributed by atoms with Crippen LogP contribution in [-0.2, 0) is 6.54 Å². The number of aliphatic hydroxyl groups is 1. The van der Waals surface area contributed by atoms with E-state index in [0.29, 0.717) is 6.54 Å². The Morgan fingerprint density at radius 3 is 2.92 bits per heavy atom. The van der Waals surface area contributed by atoms with E-state index < -0.39 is 0 Å². The Labute approximate surface area is 76.6 Å². The number of para-hydroxylation sites is 1. The molecule has 0 bridgehead atoms. The lowest BCUT2D eigenvalue weighted by molar-refractivity contribution is 0.271. The maximum Gasteiger partial charge on any atom is 0.0686 e. The fraction of sp³-hybridized carbons (Fsp3) is 0.300. The molecule has 0 saturated carbocycles. The number of fused-ring (bicyclic) bond motifs is 1. The highest BCUT2D eigenvalue weighted by Crippen LogP contribution is 2.16. The molecular formula is C10H12N2O. The zero-order valence-electron chi connectivity index (χ0n) is 7.57. The van der Waals surface area contributed by atoms with Gasteiger partial charge in [-0.05, 0) is 13.0 Å². The summed E-state index contributed by atoms with van der Waals surface area (Å²) < 4.78 is 1.84. The van der Waals surface area contributed by atoms with Crippen LogP contribution in [0, 0.1) is 6.92 Å². The van der Waals surface area contributed by atoms with Crippen molar-refractivity contribution in [2.45, 2.75) is 13.5 Å². The van der Waals surface area contributed by atoms with Gasteiger partial charge in [-0.3, -0.25) is 4.68 Å². The third-order valence-corrected chi connectivity index (χ3v) is 2.15. The summed E-state index contributed by atoms with van der Waals surface area (Å²) >= 11 is 0. The van der Waals surface area contributed by atoms with Gasteiger partial charge in [0.2, 0.25) is 0 Å². The van der Waals surface area contributed by atoms with Gasteiger partial charge in [0.1, 0.15) is 0 Å². The Morgan fingerprint density at radius 1 is 1.38 bits per heavy atom. The normalized spacial score (nSPS) is 10.9. The second kappa shape index (κ2) is 3.18. The van der Waals surface area contributed by atoms with Crippen LogP contribution >= 0.6 is 0 Å². The van der Waals surface area contributed by atoms with Gasteiger partial charge in [0, 0.05) is 5.39 Å². The van der Waals surface area contributed by atoms with Crippen LogP contribution in [0.15, 0.2) is 24.3 Å². The minimum absolute atomic E-state index is 0.130. The maximum absolute atomic E-state index is 8.83. The molecule has 0 fully saturated rings. The highest BCUT2D eigenvalue weighted by Gasteiger charge is 2.04. The summed E-state index contributed by atoms with van der Waals surface area (Å²) in [5.74, 6) is 0. The van der Waals surface area contributed by atoms with E-state index in [1.165, 1.54) is 0 Å². The zero-order valence-corrected chi connectivity index (χ0v) is 7.57. The summed E-state index contributed by atoms with van der Waals surface area (Å²) in [7, 11) is 0. The van der Waals surface area contributed by atoms with Gasteiger partial charge in [-0.15, -0.1) is 0 Å². The van der Waals surface area contributed by atoms with Crippen molar-refractivity contribution in [1.82, 2.24) is 9.78 Å². The standard InChI is InChI=1S/C10H12N2O/c1-8-9-4-2-3-5-10(9)12(11-8)6-7-13/h2-5,13H,6-7H2,1H3. The Morgan fingerprint density at radius 2 is 2.15 bits per heavy atom. The Hall–Kier alpha value is -1.35. The molecule has 2 rings (SSSR count). The number of nitrogens with zero attached hydrogens (tertiary/aromatic N) is 2. The summed E-state index contributed by atoms with van der Waals surface area (Å²) in [6.07, 6.45) is 0. The average molecular weight is 176 g/mol. The Balaban J connectivity index is 2.63. The number of hydrogen-bond acceptors (Lipinski definition) is 2. The van der Waals surface area contributed by atoms with Crippen LogP contribution in [0.2, 0.25) is 0 Å². The summed E-state index contributed by atoms with van der Waals surface area (Å²) in [5.41, 5.74) is 2.11. The lowest BCUT2D eigenvalue weighted by Gasteiger charge is -1.98. The molecule has 0 spiro atoms. The van der Waals surface area contributed by atoms with Crippen molar-refractivity contribution in [3.63, 3.8) is 0 Å². The van der Waals surface area contributed by atoms with Gasteiger partial charge in [-0.2, -0.15) is 5.10 Å². The second-order valence-electron chi connectivity index (χ2n) is 3.05. The van der Waals surface area contributed by atoms with E-state index in [1.54, 1.807) is 0 Å². The second-order valence-corrected chi connectivity index (χ2v) is 3.05. The predicted octanol–water partition coefficient (Wildman–Crippen LogP) is 1.34. The summed E-state index contributed by atoms with van der Waals surface area (Å²) in [6.45, 7) is 2.68. The summed E-state index contributed by atoms with van der Waals surface area (Å²) in [5, 5.41) is 14.3. The van der Waals surface area contributed by atoms with Crippen LogP contribution < -0.4 is 0 Å². The summed E-state index contributed by atoms with van der Waals surface area (Å²) in [6, 6.07) is 8.05. The monoisotopic (exact) mass is 176 g/mol. The first-order chi connectivity index (χ1) is 6.33. The van der Waals surface area contributed by atoms with E-state index in [-0.39, 0.29) is 6.61 Å². The van der Waals surface area contributed by atoms with E-state index >= 15 is 0 Å². The molecular weight excluding hydrogens is 164 g/mol. The Kier molecular flexibility index (Phi) is 2.02. The van der Waals surface area contributed by atoms with Crippen molar-refractivity contribution in [2.75, 3.05) is 6.61 Å². The van der Waals surface area contributed by atoms with Crippen molar-refractivity contribution >= 4 is 10.9 Å². The van der Waals surface area contributed by atoms with Crippen LogP contribution in [-0.4, -0.2) is 21.5 Å². The molecule has 0 aliphatic heterocycles. The summed E-state index contributed by atoms with van der Waals surface area (Å²) in [4.78, 5) is 0. The van der Waals surface area contributed by atoms with Gasteiger partial charge < -0.3 is 5.11 Å². The number of aliphatic hydroxyl groups excluding tert-OH is 1. The van der Waals surface area contributed by atoms with Crippen molar-refractivity contribution in [1.29, 1.82) is 0 Å². The largest absolute Gasteiger partial charge is 0.394 e. The molecule has 13 heavy (non-hydrogen) atoms. The lowest BCUT2D eigenvalue weighted by atomic mass is 10.2. The zero-order chi connectivity index (χ0) is 9.26. The minimum Gasteiger partial charge on any atom is -0.394 e. The minimum atomic E-state index is 0.130. The maximum atomic E-state index is 8.83. The molecule has 0 radical (unpaired) electrons. The third kappa shape index (κ3) is 1.31. The smallest absolute Gasteiger partial charge is 0.0686 e. The molecule has 1 heterocycles. The molecule has 1 aromatic heterocycles. The fourth-order valence-corrected chi connectivity index (χ4v) is 1.56. The van der Waals surface area contributed by atoms with Crippen molar-refractivity contribution in [2.24, 2.45) is 0 Å². The van der Waals surface area contributed by atoms with E-state index in [1.807, 2.05) is 35.9 Å². The quantitative estimate of drug-likeness (QED) is 0.749. The molecule has 0 atom stereocenters. The molecule has 1 N–H and O–H groups in total. The first-order valence-corrected chi connectivity index (χ1v) is 4.36. The SMILES string of the molecule is Cc1nn(CCO)c2ccccc12. The van der Waals surface area contributed by atoms with Gasteiger partial charge in [-0.1, -0.05) is 18.2 Å². The van der Waals surface area contributed by atoms with Crippen LogP contribution in [0.1, 0.15) is 5.69 Å². The number of aromatic nitrogens is 2. The molecule has 1 aromatic carbocycles. The predicted molar refractivity (Wildman–Crippen MR) is 51.6 cm³/mol. The van der Waals surface area contributed by atoms with Crippen LogP contribution in [0.3, 0.4) is 0 Å². The average Bonchev–Trinajstić information content (AvgIpc) is 2.46. The highest BCUT2D eigenvalue weighted by molar-refractivity contribution is 5.81. The van der Waals surface area contributed by atoms with Crippen LogP contribution in [0.4, 0.5) is 0 Å². The first kappa shape index (κ1) is 8.26.